The fourth-order valence-corrected chi connectivity index (χ4v) is 1.52. The lowest BCUT2D eigenvalue weighted by atomic mass is 9.91. The molecule has 0 unspecified atom stereocenters. The van der Waals surface area contributed by atoms with Crippen LogP contribution in [0.3, 0.4) is 0 Å². The lowest BCUT2D eigenvalue weighted by Gasteiger charge is -2.06. The fraction of sp³-hybridized carbons (Fsp3) is 0. The number of nitrogens with two attached hydrogens (primary N) is 1. The number of rotatable bonds is 2. The number of hydrogen-bond donors (Lipinski definition) is 1. The van der Waals surface area contributed by atoms with Gasteiger partial charge in [0.1, 0.15) is 7.85 Å². The number of carbonyl (C=O) groups excluding carboxylic acids is 1. The van der Waals surface area contributed by atoms with Crippen LogP contribution in [0, 0.1) is 0 Å². The zero-order valence-corrected chi connectivity index (χ0v) is 8.68. The van der Waals surface area contributed by atoms with Gasteiger partial charge in [-0.05, 0) is 6.07 Å². The van der Waals surface area contributed by atoms with Crippen molar-refractivity contribution in [3.63, 3.8) is 0 Å². The highest BCUT2D eigenvalue weighted by atomic mass is 16.1. The third-order valence-electron chi connectivity index (χ3n) is 2.36. The number of ketones is 1. The minimum atomic E-state index is -0.106. The van der Waals surface area contributed by atoms with E-state index in [1.54, 1.807) is 30.3 Å². The van der Waals surface area contributed by atoms with Gasteiger partial charge in [-0.25, -0.2) is 0 Å². The Labute approximate surface area is 95.5 Å². The summed E-state index contributed by atoms with van der Waals surface area (Å²) in [6, 6.07) is 13.9. The Morgan fingerprint density at radius 2 is 1.75 bits per heavy atom. The number of hydrogen-bond acceptors (Lipinski definition) is 2. The molecule has 2 aromatic carbocycles. The molecule has 0 aliphatic heterocycles. The van der Waals surface area contributed by atoms with Gasteiger partial charge in [0.25, 0.3) is 0 Å². The van der Waals surface area contributed by atoms with Crippen molar-refractivity contribution in [2.45, 2.75) is 0 Å². The smallest absolute Gasteiger partial charge is 0.195 e. The molecule has 76 valence electrons. The van der Waals surface area contributed by atoms with Crippen LogP contribution < -0.4 is 11.2 Å². The van der Waals surface area contributed by atoms with E-state index in [2.05, 4.69) is 0 Å². The Morgan fingerprint density at radius 1 is 1.06 bits per heavy atom. The van der Waals surface area contributed by atoms with Crippen LogP contribution in [-0.4, -0.2) is 13.6 Å². The van der Waals surface area contributed by atoms with E-state index < -0.39 is 0 Å². The van der Waals surface area contributed by atoms with E-state index in [1.807, 2.05) is 18.2 Å². The van der Waals surface area contributed by atoms with E-state index in [-0.39, 0.29) is 5.78 Å². The Morgan fingerprint density at radius 3 is 2.44 bits per heavy atom. The van der Waals surface area contributed by atoms with Crippen LogP contribution in [0.5, 0.6) is 0 Å². The van der Waals surface area contributed by atoms with Crippen molar-refractivity contribution in [3.8, 4) is 0 Å². The highest BCUT2D eigenvalue weighted by Crippen LogP contribution is 2.14. The number of carbonyl (C=O) groups is 1. The van der Waals surface area contributed by atoms with Crippen LogP contribution in [0.15, 0.2) is 48.5 Å². The van der Waals surface area contributed by atoms with Gasteiger partial charge in [-0.3, -0.25) is 4.79 Å². The summed E-state index contributed by atoms with van der Waals surface area (Å²) in [5.41, 5.74) is 7.80. The van der Waals surface area contributed by atoms with Crippen LogP contribution >= 0.6 is 0 Å². The summed E-state index contributed by atoms with van der Waals surface area (Å²) < 4.78 is 0. The lowest BCUT2D eigenvalue weighted by molar-refractivity contribution is 0.103. The molecule has 3 heteroatoms. The molecular formula is C13H10BNO. The first-order valence-corrected chi connectivity index (χ1v) is 4.93. The maximum atomic E-state index is 12.1. The van der Waals surface area contributed by atoms with Gasteiger partial charge < -0.3 is 5.73 Å². The largest absolute Gasteiger partial charge is 0.398 e. The van der Waals surface area contributed by atoms with Crippen molar-refractivity contribution in [3.05, 3.63) is 59.7 Å². The first kappa shape index (κ1) is 10.5. The average molecular weight is 207 g/mol. The minimum Gasteiger partial charge on any atom is -0.398 e. The quantitative estimate of drug-likeness (QED) is 0.458. The van der Waals surface area contributed by atoms with Gasteiger partial charge in [0.15, 0.2) is 5.78 Å². The van der Waals surface area contributed by atoms with E-state index in [1.165, 1.54) is 0 Å². The van der Waals surface area contributed by atoms with Crippen molar-refractivity contribution in [2.75, 3.05) is 5.73 Å². The van der Waals surface area contributed by atoms with Crippen LogP contribution in [0.1, 0.15) is 15.9 Å². The zero-order chi connectivity index (χ0) is 11.5. The average Bonchev–Trinajstić information content (AvgIpc) is 2.32. The summed E-state index contributed by atoms with van der Waals surface area (Å²) in [4.78, 5) is 12.1. The Hall–Kier alpha value is -2.03. The first-order chi connectivity index (χ1) is 7.68. The number of benzene rings is 2. The third-order valence-corrected chi connectivity index (χ3v) is 2.36. The number of nitrogen functional groups attached to an aromatic ring is 1. The lowest BCUT2D eigenvalue weighted by Crippen LogP contribution is -2.11. The molecule has 0 aromatic heterocycles. The first-order valence-electron chi connectivity index (χ1n) is 4.93. The van der Waals surface area contributed by atoms with E-state index in [4.69, 9.17) is 13.6 Å². The van der Waals surface area contributed by atoms with Crippen molar-refractivity contribution < 1.29 is 4.79 Å². The summed E-state index contributed by atoms with van der Waals surface area (Å²) >= 11 is 0. The van der Waals surface area contributed by atoms with Crippen molar-refractivity contribution in [1.29, 1.82) is 0 Å². The van der Waals surface area contributed by atoms with Gasteiger partial charge in [0.2, 0.25) is 0 Å². The van der Waals surface area contributed by atoms with Gasteiger partial charge in [-0.1, -0.05) is 47.9 Å². The minimum absolute atomic E-state index is 0.106. The molecule has 0 aliphatic carbocycles. The molecule has 2 radical (unpaired) electrons. The normalized spacial score (nSPS) is 10.0. The summed E-state index contributed by atoms with van der Waals surface area (Å²) in [5, 5.41) is 0. The maximum absolute atomic E-state index is 12.1. The standard InChI is InChI=1S/C13H10BNO/c14-10-6-7-12(15)11(8-10)13(16)9-4-2-1-3-5-9/h1-8H,15H2. The molecule has 0 atom stereocenters. The van der Waals surface area contributed by atoms with Crippen LogP contribution in [0.4, 0.5) is 5.69 Å². The van der Waals surface area contributed by atoms with Crippen molar-refractivity contribution in [2.24, 2.45) is 0 Å². The summed E-state index contributed by atoms with van der Waals surface area (Å²) in [7, 11) is 5.64. The molecule has 0 saturated heterocycles. The van der Waals surface area contributed by atoms with Gasteiger partial charge in [-0.2, -0.15) is 0 Å². The summed E-state index contributed by atoms with van der Waals surface area (Å²) in [6.07, 6.45) is 0. The highest BCUT2D eigenvalue weighted by Gasteiger charge is 2.11. The third kappa shape index (κ3) is 1.98. The fourth-order valence-electron chi connectivity index (χ4n) is 1.52. The second-order valence-electron chi connectivity index (χ2n) is 3.54. The Bertz CT molecular complexity index is 523. The van der Waals surface area contributed by atoms with Gasteiger partial charge in [0, 0.05) is 16.8 Å². The SMILES string of the molecule is [B]c1ccc(N)c(C(=O)c2ccccc2)c1. The predicted molar refractivity (Wildman–Crippen MR) is 66.1 cm³/mol. The van der Waals surface area contributed by atoms with Crippen LogP contribution in [-0.2, 0) is 0 Å². The van der Waals surface area contributed by atoms with E-state index in [9.17, 15) is 4.79 Å². The second kappa shape index (κ2) is 4.23. The molecular weight excluding hydrogens is 197 g/mol. The molecule has 0 amide bonds. The molecule has 0 aliphatic rings. The molecule has 0 saturated carbocycles. The number of anilines is 1. The highest BCUT2D eigenvalue weighted by molar-refractivity contribution is 6.33. The summed E-state index contributed by atoms with van der Waals surface area (Å²) in [6.45, 7) is 0. The summed E-state index contributed by atoms with van der Waals surface area (Å²) in [5.74, 6) is -0.106. The Kier molecular flexibility index (Phi) is 2.77. The molecule has 2 nitrogen and oxygen atoms in total. The monoisotopic (exact) mass is 207 g/mol. The maximum Gasteiger partial charge on any atom is 0.195 e. The van der Waals surface area contributed by atoms with Gasteiger partial charge >= 0.3 is 0 Å². The molecule has 0 spiro atoms. The van der Waals surface area contributed by atoms with E-state index in [0.29, 0.717) is 22.3 Å². The molecule has 0 bridgehead atoms. The van der Waals surface area contributed by atoms with Crippen LogP contribution in [0.25, 0.3) is 0 Å². The molecule has 2 rings (SSSR count). The van der Waals surface area contributed by atoms with Gasteiger partial charge in [0.05, 0.1) is 0 Å². The predicted octanol–water partition coefficient (Wildman–Crippen LogP) is 1.29. The van der Waals surface area contributed by atoms with Gasteiger partial charge in [-0.15, -0.1) is 0 Å². The molecule has 2 aromatic rings. The molecule has 0 fully saturated rings. The van der Waals surface area contributed by atoms with Crippen molar-refractivity contribution >= 4 is 24.8 Å². The molecule has 0 heterocycles. The van der Waals surface area contributed by atoms with E-state index in [0.717, 1.165) is 0 Å². The zero-order valence-electron chi connectivity index (χ0n) is 8.68. The second-order valence-corrected chi connectivity index (χ2v) is 3.54. The molecule has 16 heavy (non-hydrogen) atoms. The Balaban J connectivity index is 2.46. The molecule has 2 N–H and O–H groups in total. The van der Waals surface area contributed by atoms with Crippen LogP contribution in [0.2, 0.25) is 0 Å². The topological polar surface area (TPSA) is 43.1 Å². The van der Waals surface area contributed by atoms with Crippen molar-refractivity contribution in [1.82, 2.24) is 0 Å². The van der Waals surface area contributed by atoms with E-state index >= 15 is 0 Å².